The quantitative estimate of drug-likeness (QED) is 0.869. The molecule has 1 aromatic carbocycles. The van der Waals surface area contributed by atoms with E-state index in [-0.39, 0.29) is 0 Å². The SMILES string of the molecule is CN1CCN(C)C(CNCc2ccc(N(C)C)cc2)C1. The maximum atomic E-state index is 3.59. The molecule has 0 spiro atoms. The van der Waals surface area contributed by atoms with Crippen molar-refractivity contribution in [2.24, 2.45) is 0 Å². The molecule has 0 radical (unpaired) electrons. The van der Waals surface area contributed by atoms with Crippen LogP contribution in [0.3, 0.4) is 0 Å². The van der Waals surface area contributed by atoms with Gasteiger partial charge in [0.1, 0.15) is 0 Å². The molecule has 1 aliphatic heterocycles. The van der Waals surface area contributed by atoms with Gasteiger partial charge in [0.25, 0.3) is 0 Å². The Morgan fingerprint density at radius 2 is 1.85 bits per heavy atom. The molecule has 0 amide bonds. The van der Waals surface area contributed by atoms with Gasteiger partial charge in [-0.05, 0) is 31.8 Å². The van der Waals surface area contributed by atoms with Gasteiger partial charge in [-0.2, -0.15) is 0 Å². The summed E-state index contributed by atoms with van der Waals surface area (Å²) in [7, 11) is 8.58. The second kappa shape index (κ2) is 7.07. The maximum Gasteiger partial charge on any atom is 0.0361 e. The van der Waals surface area contributed by atoms with E-state index in [2.05, 4.69) is 72.5 Å². The van der Waals surface area contributed by atoms with Gasteiger partial charge in [-0.1, -0.05) is 12.1 Å². The molecule has 4 nitrogen and oxygen atoms in total. The molecule has 0 bridgehead atoms. The fourth-order valence-corrected chi connectivity index (χ4v) is 2.62. The zero-order chi connectivity index (χ0) is 14.5. The van der Waals surface area contributed by atoms with E-state index in [4.69, 9.17) is 0 Å². The lowest BCUT2D eigenvalue weighted by molar-refractivity contribution is 0.113. The van der Waals surface area contributed by atoms with E-state index >= 15 is 0 Å². The summed E-state index contributed by atoms with van der Waals surface area (Å²) in [6.07, 6.45) is 0. The van der Waals surface area contributed by atoms with Crippen molar-refractivity contribution in [3.63, 3.8) is 0 Å². The molecule has 1 N–H and O–H groups in total. The van der Waals surface area contributed by atoms with E-state index in [0.717, 1.165) is 19.6 Å². The average molecular weight is 276 g/mol. The lowest BCUT2D eigenvalue weighted by Gasteiger charge is -2.37. The summed E-state index contributed by atoms with van der Waals surface area (Å²) in [4.78, 5) is 7.00. The van der Waals surface area contributed by atoms with Gasteiger partial charge in [0.15, 0.2) is 0 Å². The van der Waals surface area contributed by atoms with Crippen LogP contribution < -0.4 is 10.2 Å². The number of rotatable bonds is 5. The van der Waals surface area contributed by atoms with Gasteiger partial charge in [0.05, 0.1) is 0 Å². The van der Waals surface area contributed by atoms with Gasteiger partial charge in [0.2, 0.25) is 0 Å². The lowest BCUT2D eigenvalue weighted by Crippen LogP contribution is -2.53. The van der Waals surface area contributed by atoms with Crippen LogP contribution in [0.1, 0.15) is 5.56 Å². The van der Waals surface area contributed by atoms with Crippen LogP contribution in [0, 0.1) is 0 Å². The first-order chi connectivity index (χ1) is 9.56. The van der Waals surface area contributed by atoms with Crippen LogP contribution in [0.15, 0.2) is 24.3 Å². The first-order valence-corrected chi connectivity index (χ1v) is 7.42. The molecule has 112 valence electrons. The number of hydrogen-bond donors (Lipinski definition) is 1. The van der Waals surface area contributed by atoms with Crippen molar-refractivity contribution in [1.29, 1.82) is 0 Å². The van der Waals surface area contributed by atoms with E-state index < -0.39 is 0 Å². The zero-order valence-corrected chi connectivity index (χ0v) is 13.3. The highest BCUT2D eigenvalue weighted by Crippen LogP contribution is 2.12. The maximum absolute atomic E-state index is 3.59. The predicted octanol–water partition coefficient (Wildman–Crippen LogP) is 1.09. The Kier molecular flexibility index (Phi) is 5.40. The van der Waals surface area contributed by atoms with E-state index in [0.29, 0.717) is 6.04 Å². The molecule has 4 heteroatoms. The third-order valence-corrected chi connectivity index (χ3v) is 4.14. The van der Waals surface area contributed by atoms with Crippen LogP contribution in [0.5, 0.6) is 0 Å². The molecule has 0 aliphatic carbocycles. The molecule has 1 fully saturated rings. The Labute approximate surface area is 123 Å². The summed E-state index contributed by atoms with van der Waals surface area (Å²) in [5.74, 6) is 0. The Morgan fingerprint density at radius 3 is 2.50 bits per heavy atom. The molecule has 1 heterocycles. The standard InChI is InChI=1S/C16H28N4/c1-18(2)15-7-5-14(6-8-15)11-17-12-16-13-19(3)9-10-20(16)4/h5-8,16-17H,9-13H2,1-4H3. The fourth-order valence-electron chi connectivity index (χ4n) is 2.62. The van der Waals surface area contributed by atoms with Crippen LogP contribution in [0.2, 0.25) is 0 Å². The molecule has 2 rings (SSSR count). The van der Waals surface area contributed by atoms with Crippen LogP contribution in [0.4, 0.5) is 5.69 Å². The van der Waals surface area contributed by atoms with Crippen LogP contribution >= 0.6 is 0 Å². The van der Waals surface area contributed by atoms with Crippen molar-refractivity contribution >= 4 is 5.69 Å². The van der Waals surface area contributed by atoms with Crippen molar-refractivity contribution in [3.8, 4) is 0 Å². The van der Waals surface area contributed by atoms with Crippen LogP contribution in [0.25, 0.3) is 0 Å². The Hall–Kier alpha value is -1.10. The summed E-state index contributed by atoms with van der Waals surface area (Å²) in [6, 6.07) is 9.39. The van der Waals surface area contributed by atoms with Crippen LogP contribution in [-0.4, -0.2) is 70.2 Å². The molecular weight excluding hydrogens is 248 g/mol. The highest BCUT2D eigenvalue weighted by atomic mass is 15.3. The van der Waals surface area contributed by atoms with Crippen molar-refractivity contribution < 1.29 is 0 Å². The summed E-state index contributed by atoms with van der Waals surface area (Å²) < 4.78 is 0. The van der Waals surface area contributed by atoms with Gasteiger partial charge in [-0.25, -0.2) is 0 Å². The first-order valence-electron chi connectivity index (χ1n) is 7.42. The highest BCUT2D eigenvalue weighted by molar-refractivity contribution is 5.45. The molecule has 1 unspecified atom stereocenters. The Morgan fingerprint density at radius 1 is 1.15 bits per heavy atom. The van der Waals surface area contributed by atoms with E-state index in [9.17, 15) is 0 Å². The smallest absolute Gasteiger partial charge is 0.0361 e. The zero-order valence-electron chi connectivity index (χ0n) is 13.3. The van der Waals surface area contributed by atoms with E-state index in [1.165, 1.54) is 24.3 Å². The van der Waals surface area contributed by atoms with E-state index in [1.807, 2.05) is 0 Å². The van der Waals surface area contributed by atoms with Gasteiger partial charge >= 0.3 is 0 Å². The van der Waals surface area contributed by atoms with Crippen molar-refractivity contribution in [2.75, 3.05) is 59.3 Å². The lowest BCUT2D eigenvalue weighted by atomic mass is 10.1. The predicted molar refractivity (Wildman–Crippen MR) is 86.4 cm³/mol. The van der Waals surface area contributed by atoms with Crippen molar-refractivity contribution in [2.45, 2.75) is 12.6 Å². The number of nitrogens with one attached hydrogen (secondary N) is 1. The van der Waals surface area contributed by atoms with Gasteiger partial charge in [0, 0.05) is 58.5 Å². The van der Waals surface area contributed by atoms with Gasteiger partial charge in [-0.3, -0.25) is 4.90 Å². The van der Waals surface area contributed by atoms with Crippen LogP contribution in [-0.2, 0) is 6.54 Å². The third-order valence-electron chi connectivity index (χ3n) is 4.14. The number of anilines is 1. The normalized spacial score (nSPS) is 21.1. The summed E-state index contributed by atoms with van der Waals surface area (Å²) in [5, 5.41) is 3.59. The summed E-state index contributed by atoms with van der Waals surface area (Å²) in [6.45, 7) is 5.50. The second-order valence-electron chi connectivity index (χ2n) is 6.09. The minimum atomic E-state index is 0.620. The third kappa shape index (κ3) is 4.20. The minimum Gasteiger partial charge on any atom is -0.378 e. The van der Waals surface area contributed by atoms with Crippen molar-refractivity contribution in [3.05, 3.63) is 29.8 Å². The van der Waals surface area contributed by atoms with Gasteiger partial charge in [-0.15, -0.1) is 0 Å². The molecule has 1 atom stereocenters. The fraction of sp³-hybridized carbons (Fsp3) is 0.625. The topological polar surface area (TPSA) is 21.8 Å². The number of nitrogens with zero attached hydrogens (tertiary/aromatic N) is 3. The Bertz CT molecular complexity index is 401. The molecule has 20 heavy (non-hydrogen) atoms. The molecule has 1 aliphatic rings. The number of hydrogen-bond acceptors (Lipinski definition) is 4. The largest absolute Gasteiger partial charge is 0.378 e. The van der Waals surface area contributed by atoms with E-state index in [1.54, 1.807) is 0 Å². The average Bonchev–Trinajstić information content (AvgIpc) is 2.43. The Balaban J connectivity index is 1.77. The highest BCUT2D eigenvalue weighted by Gasteiger charge is 2.21. The van der Waals surface area contributed by atoms with Crippen molar-refractivity contribution in [1.82, 2.24) is 15.1 Å². The number of likely N-dealkylation sites (N-methyl/N-ethyl adjacent to an activating group) is 2. The monoisotopic (exact) mass is 276 g/mol. The summed E-state index contributed by atoms with van der Waals surface area (Å²) in [5.41, 5.74) is 2.60. The molecular formula is C16H28N4. The molecule has 1 saturated heterocycles. The first kappa shape index (κ1) is 15.3. The molecule has 1 aromatic rings. The number of benzene rings is 1. The van der Waals surface area contributed by atoms with Gasteiger partial charge < -0.3 is 15.1 Å². The second-order valence-corrected chi connectivity index (χ2v) is 6.09. The number of piperazine rings is 1. The molecule has 0 saturated carbocycles. The minimum absolute atomic E-state index is 0.620. The molecule has 0 aromatic heterocycles. The summed E-state index contributed by atoms with van der Waals surface area (Å²) >= 11 is 0.